The molecule has 5 nitrogen and oxygen atoms in total. The normalized spacial score (nSPS) is 20.2. The smallest absolute Gasteiger partial charge is 0.295 e. The molecular weight excluding hydrogens is 242 g/mol. The highest BCUT2D eigenvalue weighted by Crippen LogP contribution is 2.47. The Hall–Kier alpha value is -2.17. The van der Waals surface area contributed by atoms with Gasteiger partial charge < -0.3 is 5.32 Å². The fraction of sp³-hybridized carbons (Fsp3) is 0.357. The van der Waals surface area contributed by atoms with Crippen molar-refractivity contribution in [1.82, 2.24) is 4.98 Å². The molecule has 0 radical (unpaired) electrons. The molecule has 0 saturated heterocycles. The lowest BCUT2D eigenvalue weighted by Crippen LogP contribution is -2.09. The summed E-state index contributed by atoms with van der Waals surface area (Å²) in [4.78, 5) is 14.8. The number of pyridine rings is 1. The predicted octanol–water partition coefficient (Wildman–Crippen LogP) is 3.35. The Kier molecular flexibility index (Phi) is 2.45. The highest BCUT2D eigenvalue weighted by atomic mass is 16.6. The monoisotopic (exact) mass is 257 g/mol. The van der Waals surface area contributed by atoms with E-state index in [9.17, 15) is 10.1 Å². The lowest BCUT2D eigenvalue weighted by Gasteiger charge is -2.10. The first-order valence-corrected chi connectivity index (χ1v) is 6.28. The second kappa shape index (κ2) is 3.91. The lowest BCUT2D eigenvalue weighted by atomic mass is 10.1. The number of rotatable bonds is 3. The number of nitrogens with one attached hydrogen (secondary N) is 1. The Balaban J connectivity index is 2.06. The Morgan fingerprint density at radius 1 is 1.42 bits per heavy atom. The molecule has 1 unspecified atom stereocenters. The highest BCUT2D eigenvalue weighted by molar-refractivity contribution is 5.96. The fourth-order valence-corrected chi connectivity index (χ4v) is 2.33. The summed E-state index contributed by atoms with van der Waals surface area (Å²) < 4.78 is 0. The molecule has 0 bridgehead atoms. The topological polar surface area (TPSA) is 68.1 Å². The molecule has 3 rings (SSSR count). The Morgan fingerprint density at radius 2 is 2.16 bits per heavy atom. The molecule has 1 aliphatic carbocycles. The average molecular weight is 257 g/mol. The zero-order valence-electron chi connectivity index (χ0n) is 10.9. The summed E-state index contributed by atoms with van der Waals surface area (Å²) in [6.45, 7) is 4.41. The molecule has 1 atom stereocenters. The minimum absolute atomic E-state index is 0.0520. The number of fused-ring (bicyclic) bond motifs is 1. The van der Waals surface area contributed by atoms with Crippen LogP contribution in [0.25, 0.3) is 10.9 Å². The first-order chi connectivity index (χ1) is 8.99. The molecule has 98 valence electrons. The van der Waals surface area contributed by atoms with Crippen molar-refractivity contribution >= 4 is 22.3 Å². The Morgan fingerprint density at radius 3 is 2.79 bits per heavy atom. The standard InChI is InChI=1S/C14H15N3O2/c1-14(2)8-12(14)16-10-6-7-15-13-9(10)4-3-5-11(13)17(18)19/h3-7,12H,8H2,1-2H3,(H,15,16). The number of nitrogens with zero attached hydrogens (tertiary/aromatic N) is 2. The number of nitro groups is 1. The molecule has 1 N–H and O–H groups in total. The summed E-state index contributed by atoms with van der Waals surface area (Å²) in [7, 11) is 0. The highest BCUT2D eigenvalue weighted by Gasteiger charge is 2.45. The van der Waals surface area contributed by atoms with E-state index in [0.29, 0.717) is 17.0 Å². The molecule has 1 saturated carbocycles. The summed E-state index contributed by atoms with van der Waals surface area (Å²) in [5, 5.41) is 15.3. The van der Waals surface area contributed by atoms with Crippen LogP contribution in [0.2, 0.25) is 0 Å². The maximum absolute atomic E-state index is 11.0. The van der Waals surface area contributed by atoms with Gasteiger partial charge in [-0.2, -0.15) is 0 Å². The maximum atomic E-state index is 11.0. The summed E-state index contributed by atoms with van der Waals surface area (Å²) in [5.74, 6) is 0. The van der Waals surface area contributed by atoms with E-state index in [1.807, 2.05) is 12.1 Å². The summed E-state index contributed by atoms with van der Waals surface area (Å²) in [6.07, 6.45) is 2.73. The van der Waals surface area contributed by atoms with Crippen LogP contribution in [0.1, 0.15) is 20.3 Å². The number of aromatic nitrogens is 1. The van der Waals surface area contributed by atoms with Crippen LogP contribution in [-0.4, -0.2) is 15.9 Å². The molecule has 1 heterocycles. The van der Waals surface area contributed by atoms with Gasteiger partial charge in [0.1, 0.15) is 5.52 Å². The molecule has 1 aliphatic rings. The van der Waals surface area contributed by atoms with Gasteiger partial charge in [0.05, 0.1) is 4.92 Å². The van der Waals surface area contributed by atoms with E-state index >= 15 is 0 Å². The number of benzene rings is 1. The van der Waals surface area contributed by atoms with Gasteiger partial charge in [-0.1, -0.05) is 26.0 Å². The zero-order valence-corrected chi connectivity index (χ0v) is 10.9. The van der Waals surface area contributed by atoms with Crippen LogP contribution in [0.3, 0.4) is 0 Å². The van der Waals surface area contributed by atoms with Gasteiger partial charge in [-0.3, -0.25) is 10.1 Å². The summed E-state index contributed by atoms with van der Waals surface area (Å²) in [6, 6.07) is 7.36. The van der Waals surface area contributed by atoms with E-state index in [-0.39, 0.29) is 10.6 Å². The first kappa shape index (κ1) is 11.9. The van der Waals surface area contributed by atoms with E-state index in [1.165, 1.54) is 6.07 Å². The quantitative estimate of drug-likeness (QED) is 0.676. The Labute approximate surface area is 110 Å². The van der Waals surface area contributed by atoms with Crippen LogP contribution in [-0.2, 0) is 0 Å². The number of anilines is 1. The van der Waals surface area contributed by atoms with Crippen molar-refractivity contribution in [3.05, 3.63) is 40.6 Å². The third kappa shape index (κ3) is 2.01. The molecule has 1 aromatic heterocycles. The van der Waals surface area contributed by atoms with Gasteiger partial charge in [-0.25, -0.2) is 4.98 Å². The van der Waals surface area contributed by atoms with Crippen molar-refractivity contribution in [2.45, 2.75) is 26.3 Å². The van der Waals surface area contributed by atoms with Crippen molar-refractivity contribution < 1.29 is 4.92 Å². The van der Waals surface area contributed by atoms with Gasteiger partial charge >= 0.3 is 0 Å². The zero-order chi connectivity index (χ0) is 13.6. The Bertz CT molecular complexity index is 667. The van der Waals surface area contributed by atoms with Crippen molar-refractivity contribution in [2.75, 3.05) is 5.32 Å². The van der Waals surface area contributed by atoms with Gasteiger partial charge in [0, 0.05) is 29.4 Å². The predicted molar refractivity (Wildman–Crippen MR) is 74.2 cm³/mol. The van der Waals surface area contributed by atoms with Gasteiger partial charge in [-0.05, 0) is 17.9 Å². The van der Waals surface area contributed by atoms with Crippen molar-refractivity contribution in [2.24, 2.45) is 5.41 Å². The molecule has 0 spiro atoms. The second-order valence-electron chi connectivity index (χ2n) is 5.68. The average Bonchev–Trinajstić information content (AvgIpc) is 2.96. The molecular formula is C14H15N3O2. The molecule has 0 aliphatic heterocycles. The minimum atomic E-state index is -0.389. The number of hydrogen-bond donors (Lipinski definition) is 1. The number of nitro benzene ring substituents is 1. The first-order valence-electron chi connectivity index (χ1n) is 6.28. The largest absolute Gasteiger partial charge is 0.381 e. The number of non-ortho nitro benzene ring substituents is 1. The SMILES string of the molecule is CC1(C)CC1Nc1ccnc2c([N+](=O)[O-])cccc12. The van der Waals surface area contributed by atoms with Crippen LogP contribution in [0.4, 0.5) is 11.4 Å². The molecule has 19 heavy (non-hydrogen) atoms. The maximum Gasteiger partial charge on any atom is 0.295 e. The molecule has 5 heteroatoms. The van der Waals surface area contributed by atoms with Crippen LogP contribution in [0.15, 0.2) is 30.5 Å². The van der Waals surface area contributed by atoms with Crippen molar-refractivity contribution in [3.8, 4) is 0 Å². The minimum Gasteiger partial charge on any atom is -0.381 e. The van der Waals surface area contributed by atoms with E-state index < -0.39 is 0 Å². The summed E-state index contributed by atoms with van der Waals surface area (Å²) in [5.41, 5.74) is 1.72. The van der Waals surface area contributed by atoms with Crippen LogP contribution >= 0.6 is 0 Å². The van der Waals surface area contributed by atoms with E-state index in [4.69, 9.17) is 0 Å². The fourth-order valence-electron chi connectivity index (χ4n) is 2.33. The van der Waals surface area contributed by atoms with Crippen LogP contribution < -0.4 is 5.32 Å². The van der Waals surface area contributed by atoms with E-state index in [0.717, 1.165) is 17.5 Å². The lowest BCUT2D eigenvalue weighted by molar-refractivity contribution is -0.383. The van der Waals surface area contributed by atoms with Gasteiger partial charge in [0.25, 0.3) is 5.69 Å². The number of hydrogen-bond acceptors (Lipinski definition) is 4. The van der Waals surface area contributed by atoms with Crippen molar-refractivity contribution in [1.29, 1.82) is 0 Å². The van der Waals surface area contributed by atoms with Gasteiger partial charge in [0.15, 0.2) is 0 Å². The van der Waals surface area contributed by atoms with Gasteiger partial charge in [-0.15, -0.1) is 0 Å². The van der Waals surface area contributed by atoms with Crippen molar-refractivity contribution in [3.63, 3.8) is 0 Å². The molecule has 2 aromatic rings. The third-order valence-corrected chi connectivity index (χ3v) is 3.79. The molecule has 1 fully saturated rings. The van der Waals surface area contributed by atoms with Gasteiger partial charge in [0.2, 0.25) is 0 Å². The third-order valence-electron chi connectivity index (χ3n) is 3.79. The second-order valence-corrected chi connectivity index (χ2v) is 5.68. The van der Waals surface area contributed by atoms with Crippen LogP contribution in [0, 0.1) is 15.5 Å². The number of para-hydroxylation sites is 1. The van der Waals surface area contributed by atoms with E-state index in [2.05, 4.69) is 24.1 Å². The summed E-state index contributed by atoms with van der Waals surface area (Å²) >= 11 is 0. The molecule has 1 aromatic carbocycles. The molecule has 0 amide bonds. The van der Waals surface area contributed by atoms with E-state index in [1.54, 1.807) is 12.3 Å². The van der Waals surface area contributed by atoms with Crippen LogP contribution in [0.5, 0.6) is 0 Å².